The van der Waals surface area contributed by atoms with Crippen molar-refractivity contribution >= 4 is 5.65 Å². The quantitative estimate of drug-likeness (QED) is 0.777. The lowest BCUT2D eigenvalue weighted by molar-refractivity contribution is 0.469. The fourth-order valence-electron chi connectivity index (χ4n) is 2.27. The van der Waals surface area contributed by atoms with Crippen LogP contribution in [0, 0.1) is 12.8 Å². The van der Waals surface area contributed by atoms with E-state index in [4.69, 9.17) is 0 Å². The van der Waals surface area contributed by atoms with Crippen LogP contribution in [0.15, 0.2) is 12.1 Å². The van der Waals surface area contributed by atoms with Crippen LogP contribution in [0.5, 0.6) is 0 Å². The summed E-state index contributed by atoms with van der Waals surface area (Å²) in [6.07, 6.45) is 1.19. The van der Waals surface area contributed by atoms with Gasteiger partial charge in [0.25, 0.3) is 0 Å². The maximum absolute atomic E-state index is 4.47. The lowest BCUT2D eigenvalue weighted by atomic mass is 10.0. The van der Waals surface area contributed by atoms with Crippen molar-refractivity contribution in [3.63, 3.8) is 0 Å². The summed E-state index contributed by atoms with van der Waals surface area (Å²) < 4.78 is 1.86. The molecule has 2 unspecified atom stereocenters. The van der Waals surface area contributed by atoms with Crippen LogP contribution in [0.1, 0.15) is 30.9 Å². The Morgan fingerprint density at radius 2 is 2.25 bits per heavy atom. The number of hydrogen-bond donors (Lipinski definition) is 1. The molecule has 1 saturated heterocycles. The fraction of sp³-hybridized carbons (Fsp3) is 0.545. The van der Waals surface area contributed by atoms with Crippen molar-refractivity contribution in [2.45, 2.75) is 26.3 Å². The van der Waals surface area contributed by atoms with Crippen LogP contribution in [0.2, 0.25) is 0 Å². The van der Waals surface area contributed by atoms with E-state index in [0.717, 1.165) is 23.7 Å². The van der Waals surface area contributed by atoms with Crippen LogP contribution < -0.4 is 5.32 Å². The summed E-state index contributed by atoms with van der Waals surface area (Å²) in [5, 5.41) is 16.3. The van der Waals surface area contributed by atoms with E-state index >= 15 is 0 Å². The number of aromatic nitrogens is 4. The van der Waals surface area contributed by atoms with E-state index < -0.39 is 0 Å². The monoisotopic (exact) mass is 217 g/mol. The van der Waals surface area contributed by atoms with Gasteiger partial charge in [0.1, 0.15) is 0 Å². The lowest BCUT2D eigenvalue weighted by Gasteiger charge is -2.12. The lowest BCUT2D eigenvalue weighted by Crippen LogP contribution is -2.20. The van der Waals surface area contributed by atoms with Gasteiger partial charge < -0.3 is 5.32 Å². The molecule has 2 aromatic heterocycles. The molecule has 2 aromatic rings. The Morgan fingerprint density at radius 3 is 3.00 bits per heavy atom. The SMILES string of the molecule is Cc1ccc2nnc(C3NCCC3C)n2n1. The highest BCUT2D eigenvalue weighted by atomic mass is 15.4. The summed E-state index contributed by atoms with van der Waals surface area (Å²) in [5.41, 5.74) is 1.81. The highest BCUT2D eigenvalue weighted by Gasteiger charge is 2.28. The van der Waals surface area contributed by atoms with Gasteiger partial charge in [-0.1, -0.05) is 6.92 Å². The van der Waals surface area contributed by atoms with Gasteiger partial charge in [-0.25, -0.2) is 0 Å². The van der Waals surface area contributed by atoms with Gasteiger partial charge >= 0.3 is 0 Å². The Bertz CT molecular complexity index is 518. The van der Waals surface area contributed by atoms with Crippen LogP contribution in [0.4, 0.5) is 0 Å². The molecule has 1 N–H and O–H groups in total. The highest BCUT2D eigenvalue weighted by Crippen LogP contribution is 2.27. The van der Waals surface area contributed by atoms with Crippen molar-refractivity contribution in [3.05, 3.63) is 23.7 Å². The third-order valence-corrected chi connectivity index (χ3v) is 3.23. The number of fused-ring (bicyclic) bond motifs is 1. The normalized spacial score (nSPS) is 25.4. The second kappa shape index (κ2) is 3.52. The first-order valence-electron chi connectivity index (χ1n) is 5.68. The number of nitrogens with zero attached hydrogens (tertiary/aromatic N) is 4. The molecule has 1 aliphatic rings. The topological polar surface area (TPSA) is 55.1 Å². The Morgan fingerprint density at radius 1 is 1.38 bits per heavy atom. The first-order valence-corrected chi connectivity index (χ1v) is 5.68. The largest absolute Gasteiger partial charge is 0.307 e. The van der Waals surface area contributed by atoms with Gasteiger partial charge in [-0.15, -0.1) is 10.2 Å². The van der Waals surface area contributed by atoms with Gasteiger partial charge in [0.2, 0.25) is 0 Å². The molecule has 1 aliphatic heterocycles. The summed E-state index contributed by atoms with van der Waals surface area (Å²) in [5.74, 6) is 1.53. The summed E-state index contributed by atoms with van der Waals surface area (Å²) in [7, 11) is 0. The third kappa shape index (κ3) is 1.39. The number of rotatable bonds is 1. The minimum atomic E-state index is 0.282. The van der Waals surface area contributed by atoms with Gasteiger partial charge in [0.05, 0.1) is 11.7 Å². The van der Waals surface area contributed by atoms with E-state index in [-0.39, 0.29) is 6.04 Å². The maximum atomic E-state index is 4.47. The van der Waals surface area contributed by atoms with Gasteiger partial charge in [0.15, 0.2) is 11.5 Å². The molecular weight excluding hydrogens is 202 g/mol. The third-order valence-electron chi connectivity index (χ3n) is 3.23. The van der Waals surface area contributed by atoms with Gasteiger partial charge in [-0.2, -0.15) is 9.61 Å². The minimum Gasteiger partial charge on any atom is -0.307 e. The standard InChI is InChI=1S/C11H15N5/c1-7-5-6-12-10(7)11-14-13-9-4-3-8(2)15-16(9)11/h3-4,7,10,12H,5-6H2,1-2H3. The predicted octanol–water partition coefficient (Wildman–Crippen LogP) is 1.10. The zero-order chi connectivity index (χ0) is 11.1. The molecule has 1 fully saturated rings. The molecule has 5 nitrogen and oxygen atoms in total. The molecule has 0 radical (unpaired) electrons. The van der Waals surface area contributed by atoms with E-state index in [1.165, 1.54) is 6.42 Å². The van der Waals surface area contributed by atoms with Crippen molar-refractivity contribution in [1.82, 2.24) is 25.1 Å². The summed E-state index contributed by atoms with van der Waals surface area (Å²) >= 11 is 0. The molecule has 84 valence electrons. The Labute approximate surface area is 93.9 Å². The Hall–Kier alpha value is -1.49. The van der Waals surface area contributed by atoms with Gasteiger partial charge in [0, 0.05) is 0 Å². The van der Waals surface area contributed by atoms with E-state index in [2.05, 4.69) is 27.5 Å². The molecule has 0 aromatic carbocycles. The predicted molar refractivity (Wildman–Crippen MR) is 60.0 cm³/mol. The summed E-state index contributed by atoms with van der Waals surface area (Å²) in [6.45, 7) is 5.27. The molecule has 0 amide bonds. The Balaban J connectivity index is 2.12. The zero-order valence-corrected chi connectivity index (χ0v) is 9.51. The minimum absolute atomic E-state index is 0.282. The highest BCUT2D eigenvalue weighted by molar-refractivity contribution is 5.36. The average Bonchev–Trinajstić information content (AvgIpc) is 2.83. The summed E-state index contributed by atoms with van der Waals surface area (Å²) in [6, 6.07) is 4.20. The number of aryl methyl sites for hydroxylation is 1. The van der Waals surface area contributed by atoms with Crippen LogP contribution in [-0.4, -0.2) is 26.4 Å². The van der Waals surface area contributed by atoms with E-state index in [0.29, 0.717) is 5.92 Å². The van der Waals surface area contributed by atoms with Gasteiger partial charge in [-0.3, -0.25) is 0 Å². The second-order valence-electron chi connectivity index (χ2n) is 4.50. The van der Waals surface area contributed by atoms with Crippen molar-refractivity contribution in [2.24, 2.45) is 5.92 Å². The van der Waals surface area contributed by atoms with Crippen LogP contribution in [0.25, 0.3) is 5.65 Å². The van der Waals surface area contributed by atoms with E-state index in [1.54, 1.807) is 0 Å². The van der Waals surface area contributed by atoms with Crippen molar-refractivity contribution in [2.75, 3.05) is 6.54 Å². The number of nitrogens with one attached hydrogen (secondary N) is 1. The van der Waals surface area contributed by atoms with E-state index in [1.807, 2.05) is 23.6 Å². The van der Waals surface area contributed by atoms with Gasteiger partial charge in [-0.05, 0) is 37.9 Å². The first-order chi connectivity index (χ1) is 7.75. The molecule has 0 saturated carbocycles. The number of hydrogen-bond acceptors (Lipinski definition) is 4. The fourth-order valence-corrected chi connectivity index (χ4v) is 2.27. The molecule has 0 spiro atoms. The van der Waals surface area contributed by atoms with Crippen molar-refractivity contribution in [1.29, 1.82) is 0 Å². The molecule has 3 rings (SSSR count). The molecule has 2 atom stereocenters. The van der Waals surface area contributed by atoms with Crippen LogP contribution >= 0.6 is 0 Å². The molecule has 16 heavy (non-hydrogen) atoms. The molecular formula is C11H15N5. The smallest absolute Gasteiger partial charge is 0.177 e. The second-order valence-corrected chi connectivity index (χ2v) is 4.50. The van der Waals surface area contributed by atoms with Crippen molar-refractivity contribution in [3.8, 4) is 0 Å². The molecule has 0 aliphatic carbocycles. The van der Waals surface area contributed by atoms with Crippen LogP contribution in [0.3, 0.4) is 0 Å². The van der Waals surface area contributed by atoms with Crippen LogP contribution in [-0.2, 0) is 0 Å². The zero-order valence-electron chi connectivity index (χ0n) is 9.51. The maximum Gasteiger partial charge on any atom is 0.177 e. The average molecular weight is 217 g/mol. The van der Waals surface area contributed by atoms with E-state index in [9.17, 15) is 0 Å². The first kappa shape index (κ1) is 9.72. The molecule has 0 bridgehead atoms. The summed E-state index contributed by atoms with van der Waals surface area (Å²) in [4.78, 5) is 0. The van der Waals surface area contributed by atoms with Crippen molar-refractivity contribution < 1.29 is 0 Å². The Kier molecular flexibility index (Phi) is 2.14. The molecule has 5 heteroatoms. The molecule has 3 heterocycles.